The van der Waals surface area contributed by atoms with Crippen LogP contribution in [0.2, 0.25) is 0 Å². The summed E-state index contributed by atoms with van der Waals surface area (Å²) in [6.07, 6.45) is 1.62. The number of rotatable bonds is 6. The lowest BCUT2D eigenvalue weighted by Gasteiger charge is -2.16. The number of urea groups is 1. The molecule has 1 aliphatic rings. The maximum atomic E-state index is 12.3. The molecule has 3 amide bonds. The van der Waals surface area contributed by atoms with Gasteiger partial charge in [-0.05, 0) is 53.3 Å². The Morgan fingerprint density at radius 1 is 1.00 bits per heavy atom. The van der Waals surface area contributed by atoms with Crippen molar-refractivity contribution in [2.75, 3.05) is 11.9 Å². The number of hydrogen-bond acceptors (Lipinski definition) is 2. The minimum atomic E-state index is -0.231. The van der Waals surface area contributed by atoms with E-state index in [9.17, 15) is 9.59 Å². The lowest BCUT2D eigenvalue weighted by atomic mass is 9.98. The maximum absolute atomic E-state index is 12.3. The Labute approximate surface area is 183 Å². The van der Waals surface area contributed by atoms with Crippen LogP contribution in [-0.4, -0.2) is 23.4 Å². The predicted molar refractivity (Wildman–Crippen MR) is 124 cm³/mol. The van der Waals surface area contributed by atoms with Gasteiger partial charge in [0.15, 0.2) is 0 Å². The number of likely N-dealkylation sites (tertiary alicyclic amines) is 1. The summed E-state index contributed by atoms with van der Waals surface area (Å²) in [7, 11) is 0. The number of anilines is 1. The standard InChI is InChI=1S/C26H27N3O2/c1-19-6-4-8-23(16-19)28-26(31)27-17-22-7-2-3-9-24(22)21-13-11-20(12-14-21)18-29-15-5-10-25(29)30/h2-4,6-9,11-14,16H,5,10,15,17-18H2,1H3,(H2,27,28,31). The zero-order valence-corrected chi connectivity index (χ0v) is 17.7. The molecule has 0 atom stereocenters. The number of aryl methyl sites for hydroxylation is 1. The van der Waals surface area contributed by atoms with Crippen molar-refractivity contribution in [3.05, 3.63) is 89.5 Å². The first-order valence-electron chi connectivity index (χ1n) is 10.6. The van der Waals surface area contributed by atoms with Gasteiger partial charge < -0.3 is 15.5 Å². The highest BCUT2D eigenvalue weighted by Crippen LogP contribution is 2.25. The van der Waals surface area contributed by atoms with Crippen LogP contribution in [0.4, 0.5) is 10.5 Å². The zero-order valence-electron chi connectivity index (χ0n) is 17.7. The first-order valence-corrected chi connectivity index (χ1v) is 10.6. The molecule has 1 fully saturated rings. The number of nitrogens with zero attached hydrogens (tertiary/aromatic N) is 1. The van der Waals surface area contributed by atoms with Crippen LogP contribution in [0.1, 0.15) is 29.5 Å². The molecule has 1 aliphatic heterocycles. The van der Waals surface area contributed by atoms with Crippen LogP contribution in [0.5, 0.6) is 0 Å². The van der Waals surface area contributed by atoms with Crippen LogP contribution >= 0.6 is 0 Å². The molecule has 0 aliphatic carbocycles. The van der Waals surface area contributed by atoms with Crippen LogP contribution in [0.3, 0.4) is 0 Å². The summed E-state index contributed by atoms with van der Waals surface area (Å²) in [4.78, 5) is 26.1. The van der Waals surface area contributed by atoms with E-state index in [1.807, 2.05) is 54.3 Å². The molecule has 0 aromatic heterocycles. The lowest BCUT2D eigenvalue weighted by molar-refractivity contribution is -0.128. The molecule has 1 saturated heterocycles. The van der Waals surface area contributed by atoms with Gasteiger partial charge in [0, 0.05) is 31.7 Å². The van der Waals surface area contributed by atoms with Gasteiger partial charge in [-0.1, -0.05) is 60.7 Å². The van der Waals surface area contributed by atoms with Gasteiger partial charge in [-0.15, -0.1) is 0 Å². The van der Waals surface area contributed by atoms with Crippen LogP contribution in [0.15, 0.2) is 72.8 Å². The summed E-state index contributed by atoms with van der Waals surface area (Å²) in [6, 6.07) is 23.9. The molecule has 2 N–H and O–H groups in total. The van der Waals surface area contributed by atoms with Gasteiger partial charge in [0.05, 0.1) is 0 Å². The second-order valence-electron chi connectivity index (χ2n) is 7.95. The number of carbonyl (C=O) groups is 2. The molecule has 0 bridgehead atoms. The zero-order chi connectivity index (χ0) is 21.6. The van der Waals surface area contributed by atoms with Crippen molar-refractivity contribution in [2.24, 2.45) is 0 Å². The van der Waals surface area contributed by atoms with E-state index in [4.69, 9.17) is 0 Å². The van der Waals surface area contributed by atoms with E-state index >= 15 is 0 Å². The van der Waals surface area contributed by atoms with E-state index in [0.29, 0.717) is 19.5 Å². The van der Waals surface area contributed by atoms with Crippen LogP contribution in [0, 0.1) is 6.92 Å². The minimum absolute atomic E-state index is 0.231. The van der Waals surface area contributed by atoms with Crippen molar-refractivity contribution in [3.8, 4) is 11.1 Å². The molecule has 0 unspecified atom stereocenters. The molecule has 3 aromatic rings. The van der Waals surface area contributed by atoms with Gasteiger partial charge in [0.1, 0.15) is 0 Å². The van der Waals surface area contributed by atoms with Crippen molar-refractivity contribution < 1.29 is 9.59 Å². The fourth-order valence-electron chi connectivity index (χ4n) is 3.91. The minimum Gasteiger partial charge on any atom is -0.338 e. The van der Waals surface area contributed by atoms with Crippen LogP contribution < -0.4 is 10.6 Å². The molecule has 3 aromatic carbocycles. The molecular weight excluding hydrogens is 386 g/mol. The van der Waals surface area contributed by atoms with E-state index in [-0.39, 0.29) is 11.9 Å². The maximum Gasteiger partial charge on any atom is 0.319 e. The normalized spacial score (nSPS) is 13.3. The average Bonchev–Trinajstić information content (AvgIpc) is 3.17. The molecule has 1 heterocycles. The van der Waals surface area contributed by atoms with Crippen molar-refractivity contribution in [3.63, 3.8) is 0 Å². The molecule has 0 spiro atoms. The van der Waals surface area contributed by atoms with Gasteiger partial charge >= 0.3 is 6.03 Å². The van der Waals surface area contributed by atoms with Crippen molar-refractivity contribution in [1.29, 1.82) is 0 Å². The highest BCUT2D eigenvalue weighted by molar-refractivity contribution is 5.89. The third-order valence-electron chi connectivity index (χ3n) is 5.54. The average molecular weight is 414 g/mol. The molecular formula is C26H27N3O2. The summed E-state index contributed by atoms with van der Waals surface area (Å²) in [5.74, 6) is 0.240. The van der Waals surface area contributed by atoms with E-state index in [0.717, 1.165) is 46.5 Å². The number of amides is 3. The summed E-state index contributed by atoms with van der Waals surface area (Å²) >= 11 is 0. The van der Waals surface area contributed by atoms with Gasteiger partial charge in [-0.25, -0.2) is 4.79 Å². The Morgan fingerprint density at radius 3 is 2.55 bits per heavy atom. The molecule has 31 heavy (non-hydrogen) atoms. The Hall–Kier alpha value is -3.60. The molecule has 4 rings (SSSR count). The number of hydrogen-bond donors (Lipinski definition) is 2. The first kappa shape index (κ1) is 20.7. The second-order valence-corrected chi connectivity index (χ2v) is 7.95. The molecule has 5 heteroatoms. The Morgan fingerprint density at radius 2 is 1.81 bits per heavy atom. The van der Waals surface area contributed by atoms with Crippen molar-refractivity contribution >= 4 is 17.6 Å². The Balaban J connectivity index is 1.41. The summed E-state index contributed by atoms with van der Waals surface area (Å²) < 4.78 is 0. The van der Waals surface area contributed by atoms with E-state index < -0.39 is 0 Å². The SMILES string of the molecule is Cc1cccc(NC(=O)NCc2ccccc2-c2ccc(CN3CCCC3=O)cc2)c1. The summed E-state index contributed by atoms with van der Waals surface area (Å²) in [6.45, 7) is 3.94. The van der Waals surface area contributed by atoms with E-state index in [1.165, 1.54) is 0 Å². The Kier molecular flexibility index (Phi) is 6.32. The highest BCUT2D eigenvalue weighted by Gasteiger charge is 2.19. The largest absolute Gasteiger partial charge is 0.338 e. The van der Waals surface area contributed by atoms with Gasteiger partial charge in [0.25, 0.3) is 0 Å². The van der Waals surface area contributed by atoms with Crippen LogP contribution in [-0.2, 0) is 17.9 Å². The second kappa shape index (κ2) is 9.47. The molecule has 5 nitrogen and oxygen atoms in total. The van der Waals surface area contributed by atoms with Gasteiger partial charge in [0.2, 0.25) is 5.91 Å². The van der Waals surface area contributed by atoms with Gasteiger partial charge in [-0.2, -0.15) is 0 Å². The third-order valence-corrected chi connectivity index (χ3v) is 5.54. The van der Waals surface area contributed by atoms with E-state index in [2.05, 4.69) is 41.0 Å². The molecule has 0 saturated carbocycles. The number of carbonyl (C=O) groups excluding carboxylic acids is 2. The van der Waals surface area contributed by atoms with Crippen LogP contribution in [0.25, 0.3) is 11.1 Å². The van der Waals surface area contributed by atoms with Crippen molar-refractivity contribution in [1.82, 2.24) is 10.2 Å². The van der Waals surface area contributed by atoms with Gasteiger partial charge in [-0.3, -0.25) is 4.79 Å². The molecule has 0 radical (unpaired) electrons. The lowest BCUT2D eigenvalue weighted by Crippen LogP contribution is -2.28. The quantitative estimate of drug-likeness (QED) is 0.590. The topological polar surface area (TPSA) is 61.4 Å². The smallest absolute Gasteiger partial charge is 0.319 e. The highest BCUT2D eigenvalue weighted by atomic mass is 16.2. The molecule has 158 valence electrons. The number of nitrogens with one attached hydrogen (secondary N) is 2. The Bertz CT molecular complexity index is 1080. The first-order chi connectivity index (χ1) is 15.1. The fraction of sp³-hybridized carbons (Fsp3) is 0.231. The fourth-order valence-corrected chi connectivity index (χ4v) is 3.91. The summed E-state index contributed by atoms with van der Waals surface area (Å²) in [5.41, 5.74) is 6.23. The third kappa shape index (κ3) is 5.31. The number of benzene rings is 3. The summed E-state index contributed by atoms with van der Waals surface area (Å²) in [5, 5.41) is 5.82. The predicted octanol–water partition coefficient (Wildman–Crippen LogP) is 5.11. The monoisotopic (exact) mass is 413 g/mol. The van der Waals surface area contributed by atoms with E-state index in [1.54, 1.807) is 0 Å². The van der Waals surface area contributed by atoms with Crippen molar-refractivity contribution in [2.45, 2.75) is 32.9 Å².